The lowest BCUT2D eigenvalue weighted by molar-refractivity contribution is 0.459. The Morgan fingerprint density at radius 3 is 2.33 bits per heavy atom. The second-order valence-corrected chi connectivity index (χ2v) is 5.31. The van der Waals surface area contributed by atoms with E-state index >= 15 is 0 Å². The summed E-state index contributed by atoms with van der Waals surface area (Å²) in [5, 5.41) is 0.698. The molecule has 1 saturated heterocycles. The molecule has 12 heavy (non-hydrogen) atoms. The first-order valence-corrected chi connectivity index (χ1v) is 6.46. The molecule has 1 rings (SSSR count). The standard InChI is InChI=1S/C6H13BrN2O2S/c1-2-8-5-6-9(4-3-7)12(8,10)11/h2-6H2,1H3. The number of halogens is 1. The summed E-state index contributed by atoms with van der Waals surface area (Å²) in [7, 11) is -3.10. The molecule has 0 bridgehead atoms. The van der Waals surface area contributed by atoms with Crippen LogP contribution in [-0.2, 0) is 10.2 Å². The molecule has 0 N–H and O–H groups in total. The van der Waals surface area contributed by atoms with Crippen LogP contribution in [0.2, 0.25) is 0 Å². The highest BCUT2D eigenvalue weighted by atomic mass is 79.9. The number of hydrogen-bond donors (Lipinski definition) is 0. The summed E-state index contributed by atoms with van der Waals surface area (Å²) in [6, 6.07) is 0. The van der Waals surface area contributed by atoms with Crippen molar-refractivity contribution in [2.45, 2.75) is 6.92 Å². The third kappa shape index (κ3) is 1.81. The van der Waals surface area contributed by atoms with Gasteiger partial charge in [0.1, 0.15) is 0 Å². The highest BCUT2D eigenvalue weighted by molar-refractivity contribution is 9.09. The van der Waals surface area contributed by atoms with Gasteiger partial charge in [-0.15, -0.1) is 0 Å². The molecule has 1 aliphatic rings. The predicted molar refractivity (Wildman–Crippen MR) is 51.5 cm³/mol. The summed E-state index contributed by atoms with van der Waals surface area (Å²) >= 11 is 3.23. The second kappa shape index (κ2) is 4.04. The minimum atomic E-state index is -3.10. The lowest BCUT2D eigenvalue weighted by Gasteiger charge is -2.15. The SMILES string of the molecule is CCN1CCN(CCBr)S1(=O)=O. The van der Waals surface area contributed by atoms with Gasteiger partial charge in [-0.05, 0) is 0 Å². The summed E-state index contributed by atoms with van der Waals surface area (Å²) in [5.41, 5.74) is 0. The van der Waals surface area contributed by atoms with E-state index in [2.05, 4.69) is 15.9 Å². The molecule has 0 radical (unpaired) electrons. The fourth-order valence-electron chi connectivity index (χ4n) is 1.26. The quantitative estimate of drug-likeness (QED) is 0.681. The van der Waals surface area contributed by atoms with Gasteiger partial charge in [0.25, 0.3) is 10.2 Å². The fourth-order valence-corrected chi connectivity index (χ4v) is 3.52. The third-order valence-electron chi connectivity index (χ3n) is 1.94. The van der Waals surface area contributed by atoms with E-state index in [4.69, 9.17) is 0 Å². The largest absolute Gasteiger partial charge is 0.282 e. The number of nitrogens with zero attached hydrogens (tertiary/aromatic N) is 2. The van der Waals surface area contributed by atoms with Gasteiger partial charge >= 0.3 is 0 Å². The average Bonchev–Trinajstić information content (AvgIpc) is 2.28. The summed E-state index contributed by atoms with van der Waals surface area (Å²) in [6.45, 7) is 4.25. The normalized spacial score (nSPS) is 24.8. The van der Waals surface area contributed by atoms with E-state index in [1.54, 1.807) is 0 Å². The van der Waals surface area contributed by atoms with Crippen LogP contribution in [0.3, 0.4) is 0 Å². The maximum Gasteiger partial charge on any atom is 0.282 e. The zero-order valence-electron chi connectivity index (χ0n) is 7.03. The van der Waals surface area contributed by atoms with Crippen molar-refractivity contribution < 1.29 is 8.42 Å². The first-order valence-electron chi connectivity index (χ1n) is 3.94. The van der Waals surface area contributed by atoms with Crippen LogP contribution in [0.1, 0.15) is 6.92 Å². The second-order valence-electron chi connectivity index (χ2n) is 2.59. The van der Waals surface area contributed by atoms with Crippen LogP contribution in [0.15, 0.2) is 0 Å². The molecule has 1 heterocycles. The van der Waals surface area contributed by atoms with Crippen LogP contribution in [0.4, 0.5) is 0 Å². The molecule has 0 saturated carbocycles. The van der Waals surface area contributed by atoms with Gasteiger partial charge in [0, 0.05) is 31.5 Å². The van der Waals surface area contributed by atoms with Crippen molar-refractivity contribution >= 4 is 26.1 Å². The molecule has 0 aromatic rings. The number of rotatable bonds is 3. The van der Waals surface area contributed by atoms with E-state index in [-0.39, 0.29) is 0 Å². The van der Waals surface area contributed by atoms with Gasteiger partial charge in [-0.3, -0.25) is 0 Å². The summed E-state index contributed by atoms with van der Waals surface area (Å²) in [5.74, 6) is 0. The molecular formula is C6H13BrN2O2S. The molecule has 1 aliphatic heterocycles. The van der Waals surface area contributed by atoms with Crippen LogP contribution in [0, 0.1) is 0 Å². The summed E-state index contributed by atoms with van der Waals surface area (Å²) < 4.78 is 26.1. The molecule has 1 fully saturated rings. The Bertz CT molecular complexity index is 242. The topological polar surface area (TPSA) is 40.6 Å². The van der Waals surface area contributed by atoms with Gasteiger partial charge in [-0.25, -0.2) is 0 Å². The average molecular weight is 257 g/mol. The van der Waals surface area contributed by atoms with Crippen molar-refractivity contribution in [3.05, 3.63) is 0 Å². The van der Waals surface area contributed by atoms with E-state index in [0.29, 0.717) is 31.5 Å². The lowest BCUT2D eigenvalue weighted by atomic mass is 10.6. The van der Waals surface area contributed by atoms with Crippen LogP contribution >= 0.6 is 15.9 Å². The molecule has 0 amide bonds. The summed E-state index contributed by atoms with van der Waals surface area (Å²) in [4.78, 5) is 0. The van der Waals surface area contributed by atoms with Crippen molar-refractivity contribution in [1.29, 1.82) is 0 Å². The van der Waals surface area contributed by atoms with Gasteiger partial charge in [0.2, 0.25) is 0 Å². The number of likely N-dealkylation sites (N-methyl/N-ethyl adjacent to an activating group) is 1. The molecule has 0 unspecified atom stereocenters. The van der Waals surface area contributed by atoms with Crippen molar-refractivity contribution in [3.63, 3.8) is 0 Å². The van der Waals surface area contributed by atoms with Crippen molar-refractivity contribution in [1.82, 2.24) is 8.61 Å². The van der Waals surface area contributed by atoms with E-state index in [1.165, 1.54) is 8.61 Å². The van der Waals surface area contributed by atoms with Crippen LogP contribution < -0.4 is 0 Å². The van der Waals surface area contributed by atoms with Crippen LogP contribution in [-0.4, -0.2) is 48.5 Å². The highest BCUT2D eigenvalue weighted by Crippen LogP contribution is 2.15. The van der Waals surface area contributed by atoms with Crippen molar-refractivity contribution in [2.75, 3.05) is 31.5 Å². The van der Waals surface area contributed by atoms with E-state index in [1.807, 2.05) is 6.92 Å². The Morgan fingerprint density at radius 1 is 1.33 bits per heavy atom. The smallest absolute Gasteiger partial charge is 0.195 e. The van der Waals surface area contributed by atoms with Gasteiger partial charge in [0.15, 0.2) is 0 Å². The minimum absolute atomic E-state index is 0.568. The van der Waals surface area contributed by atoms with Crippen molar-refractivity contribution in [2.24, 2.45) is 0 Å². The summed E-state index contributed by atoms with van der Waals surface area (Å²) in [6.07, 6.45) is 0. The Labute approximate surface area is 81.8 Å². The zero-order valence-corrected chi connectivity index (χ0v) is 9.44. The molecular weight excluding hydrogens is 244 g/mol. The monoisotopic (exact) mass is 256 g/mol. The van der Waals surface area contributed by atoms with E-state index < -0.39 is 10.2 Å². The Morgan fingerprint density at radius 2 is 1.92 bits per heavy atom. The van der Waals surface area contributed by atoms with Gasteiger partial charge in [0.05, 0.1) is 0 Å². The molecule has 4 nitrogen and oxygen atoms in total. The molecule has 6 heteroatoms. The van der Waals surface area contributed by atoms with Gasteiger partial charge in [-0.1, -0.05) is 22.9 Å². The molecule has 0 aromatic carbocycles. The number of hydrogen-bond acceptors (Lipinski definition) is 2. The van der Waals surface area contributed by atoms with Gasteiger partial charge < -0.3 is 0 Å². The zero-order chi connectivity index (χ0) is 9.19. The Kier molecular flexibility index (Phi) is 3.51. The Balaban J connectivity index is 2.71. The van der Waals surface area contributed by atoms with E-state index in [9.17, 15) is 8.42 Å². The maximum absolute atomic E-state index is 11.5. The molecule has 72 valence electrons. The first-order chi connectivity index (χ1) is 5.62. The molecule has 0 atom stereocenters. The first kappa shape index (κ1) is 10.4. The lowest BCUT2D eigenvalue weighted by Crippen LogP contribution is -2.33. The highest BCUT2D eigenvalue weighted by Gasteiger charge is 2.34. The third-order valence-corrected chi connectivity index (χ3v) is 4.40. The van der Waals surface area contributed by atoms with E-state index in [0.717, 1.165) is 0 Å². The number of alkyl halides is 1. The van der Waals surface area contributed by atoms with Crippen LogP contribution in [0.5, 0.6) is 0 Å². The minimum Gasteiger partial charge on any atom is -0.195 e. The molecule has 0 spiro atoms. The maximum atomic E-state index is 11.5. The van der Waals surface area contributed by atoms with Crippen molar-refractivity contribution in [3.8, 4) is 0 Å². The molecule has 0 aliphatic carbocycles. The molecule has 0 aromatic heterocycles. The van der Waals surface area contributed by atoms with Crippen LogP contribution in [0.25, 0.3) is 0 Å². The predicted octanol–water partition coefficient (Wildman–Crippen LogP) is 0.264. The van der Waals surface area contributed by atoms with Gasteiger partial charge in [-0.2, -0.15) is 17.0 Å². The Hall–Kier alpha value is 0.350. The fraction of sp³-hybridized carbons (Fsp3) is 1.00.